The van der Waals surface area contributed by atoms with Crippen molar-refractivity contribution in [1.82, 2.24) is 10.6 Å². The fraction of sp³-hybridized carbons (Fsp3) is 0.500. The molecular formula is C14H20Br2N2O2. The van der Waals surface area contributed by atoms with E-state index in [1.807, 2.05) is 32.0 Å². The number of carbonyl (C=O) groups excluding carboxylic acids is 1. The highest BCUT2D eigenvalue weighted by Crippen LogP contribution is 2.26. The Morgan fingerprint density at radius 2 is 2.05 bits per heavy atom. The second-order valence-corrected chi connectivity index (χ2v) is 6.33. The predicted molar refractivity (Wildman–Crippen MR) is 87.7 cm³/mol. The van der Waals surface area contributed by atoms with Gasteiger partial charge in [0, 0.05) is 28.6 Å². The van der Waals surface area contributed by atoms with Crippen LogP contribution in [0.15, 0.2) is 27.1 Å². The molecule has 112 valence electrons. The number of hydrogen-bond donors (Lipinski definition) is 2. The molecule has 0 heterocycles. The summed E-state index contributed by atoms with van der Waals surface area (Å²) in [6, 6.07) is 5.82. The van der Waals surface area contributed by atoms with Crippen LogP contribution in [0.1, 0.15) is 25.5 Å². The number of benzene rings is 1. The van der Waals surface area contributed by atoms with Crippen LogP contribution >= 0.6 is 31.9 Å². The summed E-state index contributed by atoms with van der Waals surface area (Å²) in [5.74, 6) is -0.0258. The molecule has 1 amide bonds. The number of rotatable bonds is 7. The Bertz CT molecular complexity index is 455. The van der Waals surface area contributed by atoms with Gasteiger partial charge in [0.2, 0.25) is 5.91 Å². The van der Waals surface area contributed by atoms with Crippen molar-refractivity contribution < 1.29 is 9.53 Å². The first-order valence-corrected chi connectivity index (χ1v) is 8.02. The van der Waals surface area contributed by atoms with Gasteiger partial charge in [-0.15, -0.1) is 0 Å². The number of ether oxygens (including phenoxy) is 1. The minimum Gasteiger partial charge on any atom is -0.383 e. The highest BCUT2D eigenvalue weighted by atomic mass is 79.9. The lowest BCUT2D eigenvalue weighted by Crippen LogP contribution is -2.44. The summed E-state index contributed by atoms with van der Waals surface area (Å²) in [7, 11) is 1.61. The lowest BCUT2D eigenvalue weighted by Gasteiger charge is -2.21. The Balaban J connectivity index is 2.56. The molecule has 2 atom stereocenters. The van der Waals surface area contributed by atoms with Gasteiger partial charge in [-0.3, -0.25) is 10.1 Å². The molecule has 4 nitrogen and oxygen atoms in total. The SMILES string of the molecule is COCCNC(=O)C(C)NC(C)c1ccc(Br)cc1Br. The molecule has 0 spiro atoms. The number of carbonyl (C=O) groups is 1. The zero-order valence-corrected chi connectivity index (χ0v) is 15.0. The lowest BCUT2D eigenvalue weighted by molar-refractivity contribution is -0.123. The first-order chi connectivity index (χ1) is 9.45. The van der Waals surface area contributed by atoms with Crippen LogP contribution in [0.5, 0.6) is 0 Å². The quantitative estimate of drug-likeness (QED) is 0.683. The molecule has 2 N–H and O–H groups in total. The molecule has 0 radical (unpaired) electrons. The van der Waals surface area contributed by atoms with E-state index in [4.69, 9.17) is 4.74 Å². The minimum absolute atomic E-state index is 0.0258. The third-order valence-corrected chi connectivity index (χ3v) is 4.11. The van der Waals surface area contributed by atoms with Crippen LogP contribution in [0, 0.1) is 0 Å². The molecule has 0 bridgehead atoms. The van der Waals surface area contributed by atoms with Gasteiger partial charge in [0.15, 0.2) is 0 Å². The molecule has 0 aliphatic rings. The second-order valence-electron chi connectivity index (χ2n) is 4.56. The van der Waals surface area contributed by atoms with E-state index in [0.29, 0.717) is 13.2 Å². The maximum Gasteiger partial charge on any atom is 0.236 e. The average molecular weight is 408 g/mol. The third-order valence-electron chi connectivity index (χ3n) is 2.93. The number of amides is 1. The van der Waals surface area contributed by atoms with Crippen LogP contribution in [-0.2, 0) is 9.53 Å². The summed E-state index contributed by atoms with van der Waals surface area (Å²) in [4.78, 5) is 11.9. The van der Waals surface area contributed by atoms with E-state index in [9.17, 15) is 4.79 Å². The number of halogens is 2. The first kappa shape index (κ1) is 17.6. The van der Waals surface area contributed by atoms with Crippen LogP contribution in [0.4, 0.5) is 0 Å². The van der Waals surface area contributed by atoms with Crippen LogP contribution in [0.3, 0.4) is 0 Å². The molecule has 6 heteroatoms. The molecular weight excluding hydrogens is 388 g/mol. The highest BCUT2D eigenvalue weighted by Gasteiger charge is 2.17. The van der Waals surface area contributed by atoms with E-state index in [0.717, 1.165) is 14.5 Å². The Hall–Kier alpha value is -0.430. The van der Waals surface area contributed by atoms with Crippen LogP contribution in [0.25, 0.3) is 0 Å². The zero-order valence-electron chi connectivity index (χ0n) is 11.9. The monoisotopic (exact) mass is 406 g/mol. The molecule has 2 unspecified atom stereocenters. The summed E-state index contributed by atoms with van der Waals surface area (Å²) in [6.07, 6.45) is 0. The standard InChI is InChI=1S/C14H20Br2N2O2/c1-9(12-5-4-11(15)8-13(12)16)18-10(2)14(19)17-6-7-20-3/h4-5,8-10,18H,6-7H2,1-3H3,(H,17,19). The fourth-order valence-electron chi connectivity index (χ4n) is 1.82. The fourth-order valence-corrected chi connectivity index (χ4v) is 3.21. The maximum absolute atomic E-state index is 11.9. The zero-order chi connectivity index (χ0) is 15.1. The largest absolute Gasteiger partial charge is 0.383 e. The van der Waals surface area contributed by atoms with Gasteiger partial charge in [0.25, 0.3) is 0 Å². The van der Waals surface area contributed by atoms with Crippen molar-refractivity contribution in [3.63, 3.8) is 0 Å². The summed E-state index contributed by atoms with van der Waals surface area (Å²) in [6.45, 7) is 4.93. The van der Waals surface area contributed by atoms with Gasteiger partial charge < -0.3 is 10.1 Å². The van der Waals surface area contributed by atoms with Gasteiger partial charge in [-0.05, 0) is 31.5 Å². The maximum atomic E-state index is 11.9. The first-order valence-electron chi connectivity index (χ1n) is 6.43. The van der Waals surface area contributed by atoms with Crippen LogP contribution in [0.2, 0.25) is 0 Å². The van der Waals surface area contributed by atoms with Crippen molar-refractivity contribution in [2.24, 2.45) is 0 Å². The van der Waals surface area contributed by atoms with Crippen molar-refractivity contribution in [3.8, 4) is 0 Å². The van der Waals surface area contributed by atoms with Crippen molar-refractivity contribution >= 4 is 37.8 Å². The molecule has 0 aromatic heterocycles. The molecule has 1 aromatic rings. The lowest BCUT2D eigenvalue weighted by atomic mass is 10.1. The molecule has 1 aromatic carbocycles. The van der Waals surface area contributed by atoms with Crippen molar-refractivity contribution in [2.45, 2.75) is 25.9 Å². The Labute approximate surface area is 136 Å². The molecule has 0 saturated carbocycles. The number of methoxy groups -OCH3 is 1. The van der Waals surface area contributed by atoms with E-state index in [1.54, 1.807) is 7.11 Å². The molecule has 0 aliphatic carbocycles. The van der Waals surface area contributed by atoms with Gasteiger partial charge in [0.05, 0.1) is 12.6 Å². The van der Waals surface area contributed by atoms with Gasteiger partial charge in [0.1, 0.15) is 0 Å². The molecule has 1 rings (SSSR count). The highest BCUT2D eigenvalue weighted by molar-refractivity contribution is 9.11. The normalized spacial score (nSPS) is 13.8. The molecule has 0 aliphatic heterocycles. The summed E-state index contributed by atoms with van der Waals surface area (Å²) >= 11 is 6.97. The van der Waals surface area contributed by atoms with E-state index in [2.05, 4.69) is 42.5 Å². The van der Waals surface area contributed by atoms with Crippen LogP contribution < -0.4 is 10.6 Å². The van der Waals surface area contributed by atoms with E-state index < -0.39 is 0 Å². The van der Waals surface area contributed by atoms with Gasteiger partial charge in [-0.25, -0.2) is 0 Å². The topological polar surface area (TPSA) is 50.4 Å². The minimum atomic E-state index is -0.266. The number of nitrogens with one attached hydrogen (secondary N) is 2. The van der Waals surface area contributed by atoms with Gasteiger partial charge >= 0.3 is 0 Å². The van der Waals surface area contributed by atoms with Crippen LogP contribution in [-0.4, -0.2) is 32.2 Å². The summed E-state index contributed by atoms with van der Waals surface area (Å²) < 4.78 is 6.94. The Morgan fingerprint density at radius 1 is 1.35 bits per heavy atom. The van der Waals surface area contributed by atoms with E-state index in [-0.39, 0.29) is 18.0 Å². The van der Waals surface area contributed by atoms with Crippen molar-refractivity contribution in [2.75, 3.05) is 20.3 Å². The smallest absolute Gasteiger partial charge is 0.236 e. The van der Waals surface area contributed by atoms with E-state index >= 15 is 0 Å². The Kier molecular flexibility index (Phi) is 7.72. The molecule has 0 saturated heterocycles. The van der Waals surface area contributed by atoms with Gasteiger partial charge in [-0.2, -0.15) is 0 Å². The third kappa shape index (κ3) is 5.52. The average Bonchev–Trinajstić information content (AvgIpc) is 2.38. The van der Waals surface area contributed by atoms with Crippen molar-refractivity contribution in [1.29, 1.82) is 0 Å². The summed E-state index contributed by atoms with van der Waals surface area (Å²) in [5, 5.41) is 6.10. The van der Waals surface area contributed by atoms with Crippen molar-refractivity contribution in [3.05, 3.63) is 32.7 Å². The predicted octanol–water partition coefficient (Wildman–Crippen LogP) is 3.01. The second kappa shape index (κ2) is 8.77. The number of hydrogen-bond acceptors (Lipinski definition) is 3. The molecule has 20 heavy (non-hydrogen) atoms. The van der Waals surface area contributed by atoms with Gasteiger partial charge in [-0.1, -0.05) is 37.9 Å². The Morgan fingerprint density at radius 3 is 2.65 bits per heavy atom. The van der Waals surface area contributed by atoms with E-state index in [1.165, 1.54) is 0 Å². The summed E-state index contributed by atoms with van der Waals surface area (Å²) in [5.41, 5.74) is 1.12. The molecule has 0 fully saturated rings.